The predicted molar refractivity (Wildman–Crippen MR) is 95.7 cm³/mol. The van der Waals surface area contributed by atoms with E-state index in [0.717, 1.165) is 5.56 Å². The number of ether oxygens (including phenoxy) is 1. The van der Waals surface area contributed by atoms with Crippen LogP contribution in [0, 0.1) is 13.8 Å². The Hall–Kier alpha value is -2.75. The summed E-state index contributed by atoms with van der Waals surface area (Å²) in [7, 11) is 0. The van der Waals surface area contributed by atoms with Crippen molar-refractivity contribution in [1.29, 1.82) is 0 Å². The number of aliphatic hydroxyl groups is 1. The molecular formula is C20H19F6NO3. The van der Waals surface area contributed by atoms with E-state index in [1.165, 1.54) is 13.8 Å². The molecule has 0 aliphatic heterocycles. The van der Waals surface area contributed by atoms with Gasteiger partial charge in [0.25, 0.3) is 5.91 Å². The average Bonchev–Trinajstić information content (AvgIpc) is 2.65. The molecule has 0 aliphatic rings. The van der Waals surface area contributed by atoms with E-state index in [0.29, 0.717) is 12.1 Å². The molecule has 1 unspecified atom stereocenters. The summed E-state index contributed by atoms with van der Waals surface area (Å²) < 4.78 is 84.5. The van der Waals surface area contributed by atoms with E-state index in [1.54, 1.807) is 24.3 Å². The molecule has 0 fully saturated rings. The number of nitrogens with one attached hydrogen (secondary N) is 1. The highest BCUT2D eigenvalue weighted by Gasteiger charge is 2.71. The third-order valence-electron chi connectivity index (χ3n) is 4.29. The second kappa shape index (κ2) is 8.55. The molecule has 2 aromatic rings. The minimum absolute atomic E-state index is 0.0150. The molecule has 4 nitrogen and oxygen atoms in total. The van der Waals surface area contributed by atoms with E-state index in [2.05, 4.69) is 5.32 Å². The van der Waals surface area contributed by atoms with Crippen molar-refractivity contribution in [3.8, 4) is 5.75 Å². The highest BCUT2D eigenvalue weighted by atomic mass is 19.4. The van der Waals surface area contributed by atoms with E-state index >= 15 is 0 Å². The third-order valence-corrected chi connectivity index (χ3v) is 4.29. The molecular weight excluding hydrogens is 416 g/mol. The number of carbonyl (C=O) groups is 1. The van der Waals surface area contributed by atoms with Crippen molar-refractivity contribution in [2.24, 2.45) is 0 Å². The fourth-order valence-electron chi connectivity index (χ4n) is 2.71. The van der Waals surface area contributed by atoms with Gasteiger partial charge in [0.1, 0.15) is 5.75 Å². The van der Waals surface area contributed by atoms with Crippen molar-refractivity contribution >= 4 is 5.91 Å². The Balaban J connectivity index is 2.12. The first-order valence-corrected chi connectivity index (χ1v) is 8.68. The van der Waals surface area contributed by atoms with Crippen LogP contribution in [0.4, 0.5) is 26.3 Å². The zero-order valence-electron chi connectivity index (χ0n) is 16.0. The van der Waals surface area contributed by atoms with Gasteiger partial charge in [-0.1, -0.05) is 30.3 Å². The number of benzene rings is 2. The second-order valence-corrected chi connectivity index (χ2v) is 6.68. The third kappa shape index (κ3) is 4.86. The van der Waals surface area contributed by atoms with Crippen LogP contribution in [-0.4, -0.2) is 29.7 Å². The summed E-state index contributed by atoms with van der Waals surface area (Å²) in [5.74, 6) is -11.5. The molecule has 1 amide bonds. The number of rotatable bonds is 7. The SMILES string of the molecule is Cc1cc(C(F)(F)C(O)(F)C(F)(F)F)cc(C)c1OCC(=O)NCc1ccccc1. The largest absolute Gasteiger partial charge is 0.483 e. The van der Waals surface area contributed by atoms with Gasteiger partial charge in [-0.15, -0.1) is 0 Å². The smallest absolute Gasteiger partial charge is 0.455 e. The second-order valence-electron chi connectivity index (χ2n) is 6.68. The van der Waals surface area contributed by atoms with E-state index in [4.69, 9.17) is 9.84 Å². The molecule has 10 heteroatoms. The fourth-order valence-corrected chi connectivity index (χ4v) is 2.71. The number of halogens is 6. The van der Waals surface area contributed by atoms with Gasteiger partial charge in [0.15, 0.2) is 6.61 Å². The van der Waals surface area contributed by atoms with Crippen molar-refractivity contribution in [1.82, 2.24) is 5.32 Å². The van der Waals surface area contributed by atoms with Crippen LogP contribution in [0.5, 0.6) is 5.75 Å². The average molecular weight is 435 g/mol. The maximum absolute atomic E-state index is 14.0. The summed E-state index contributed by atoms with van der Waals surface area (Å²) in [5.41, 5.74) is -0.647. The number of amides is 1. The molecule has 0 heterocycles. The van der Waals surface area contributed by atoms with Crippen LogP contribution in [0.15, 0.2) is 42.5 Å². The zero-order chi connectivity index (χ0) is 22.7. The Morgan fingerprint density at radius 1 is 1.00 bits per heavy atom. The summed E-state index contributed by atoms with van der Waals surface area (Å²) in [6, 6.07) is 10.1. The normalized spacial score (nSPS) is 14.2. The highest BCUT2D eigenvalue weighted by molar-refractivity contribution is 5.77. The highest BCUT2D eigenvalue weighted by Crippen LogP contribution is 2.49. The Morgan fingerprint density at radius 3 is 2.03 bits per heavy atom. The predicted octanol–water partition coefficient (Wildman–Crippen LogP) is 4.31. The van der Waals surface area contributed by atoms with Gasteiger partial charge in [-0.2, -0.15) is 26.3 Å². The number of hydrogen-bond acceptors (Lipinski definition) is 3. The van der Waals surface area contributed by atoms with Crippen LogP contribution in [-0.2, 0) is 17.3 Å². The first-order chi connectivity index (χ1) is 13.8. The van der Waals surface area contributed by atoms with Gasteiger partial charge in [0.05, 0.1) is 0 Å². The van der Waals surface area contributed by atoms with Gasteiger partial charge in [-0.3, -0.25) is 4.79 Å². The van der Waals surface area contributed by atoms with Crippen molar-refractivity contribution < 1.29 is 41.0 Å². The van der Waals surface area contributed by atoms with Gasteiger partial charge < -0.3 is 15.2 Å². The summed E-state index contributed by atoms with van der Waals surface area (Å²) in [6.45, 7) is 2.25. The molecule has 0 spiro atoms. The maximum Gasteiger partial charge on any atom is 0.455 e. The lowest BCUT2D eigenvalue weighted by atomic mass is 9.96. The molecule has 30 heavy (non-hydrogen) atoms. The van der Waals surface area contributed by atoms with Crippen LogP contribution in [0.1, 0.15) is 22.3 Å². The van der Waals surface area contributed by atoms with Gasteiger partial charge >= 0.3 is 18.0 Å². The van der Waals surface area contributed by atoms with Crippen molar-refractivity contribution in [2.75, 3.05) is 6.61 Å². The monoisotopic (exact) mass is 435 g/mol. The number of aryl methyl sites for hydroxylation is 2. The Morgan fingerprint density at radius 2 is 1.53 bits per heavy atom. The van der Waals surface area contributed by atoms with Crippen molar-refractivity contribution in [3.05, 3.63) is 64.7 Å². The number of alkyl halides is 6. The molecule has 0 saturated heterocycles. The molecule has 2 N–H and O–H groups in total. The van der Waals surface area contributed by atoms with E-state index < -0.39 is 36.0 Å². The molecule has 0 saturated carbocycles. The topological polar surface area (TPSA) is 58.6 Å². The van der Waals surface area contributed by atoms with Gasteiger partial charge in [0, 0.05) is 12.1 Å². The van der Waals surface area contributed by atoms with Crippen LogP contribution < -0.4 is 10.1 Å². The van der Waals surface area contributed by atoms with Gasteiger partial charge in [-0.25, -0.2) is 0 Å². The summed E-state index contributed by atoms with van der Waals surface area (Å²) >= 11 is 0. The molecule has 0 aromatic heterocycles. The molecule has 2 rings (SSSR count). The lowest BCUT2D eigenvalue weighted by Gasteiger charge is -2.31. The van der Waals surface area contributed by atoms with E-state index in [-0.39, 0.29) is 23.4 Å². The van der Waals surface area contributed by atoms with Gasteiger partial charge in [0.2, 0.25) is 0 Å². The molecule has 164 valence electrons. The lowest BCUT2D eigenvalue weighted by Crippen LogP contribution is -2.53. The molecule has 1 atom stereocenters. The van der Waals surface area contributed by atoms with Crippen LogP contribution in [0.3, 0.4) is 0 Å². The minimum atomic E-state index is -6.20. The summed E-state index contributed by atoms with van der Waals surface area (Å²) in [5, 5.41) is 11.4. The first kappa shape index (κ1) is 23.5. The molecule has 0 aliphatic carbocycles. The molecule has 0 radical (unpaired) electrons. The van der Waals surface area contributed by atoms with Crippen LogP contribution in [0.25, 0.3) is 0 Å². The number of carbonyl (C=O) groups excluding carboxylic acids is 1. The molecule has 2 aromatic carbocycles. The summed E-state index contributed by atoms with van der Waals surface area (Å²) in [4.78, 5) is 11.9. The minimum Gasteiger partial charge on any atom is -0.483 e. The summed E-state index contributed by atoms with van der Waals surface area (Å²) in [6.07, 6.45) is -6.20. The Labute approximate surface area is 168 Å². The molecule has 0 bridgehead atoms. The van der Waals surface area contributed by atoms with Crippen LogP contribution >= 0.6 is 0 Å². The Kier molecular flexibility index (Phi) is 6.70. The van der Waals surface area contributed by atoms with Crippen LogP contribution in [0.2, 0.25) is 0 Å². The van der Waals surface area contributed by atoms with E-state index in [9.17, 15) is 31.1 Å². The first-order valence-electron chi connectivity index (χ1n) is 8.68. The zero-order valence-corrected chi connectivity index (χ0v) is 16.0. The van der Waals surface area contributed by atoms with Crippen molar-refractivity contribution in [2.45, 2.75) is 38.3 Å². The fraction of sp³-hybridized carbons (Fsp3) is 0.350. The Bertz CT molecular complexity index is 874. The maximum atomic E-state index is 14.0. The quantitative estimate of drug-likeness (QED) is 0.638. The van der Waals surface area contributed by atoms with Gasteiger partial charge in [-0.05, 0) is 42.7 Å². The van der Waals surface area contributed by atoms with E-state index in [1.807, 2.05) is 6.07 Å². The van der Waals surface area contributed by atoms with Crippen molar-refractivity contribution in [3.63, 3.8) is 0 Å². The standard InChI is InChI=1S/C20H19F6NO3/c1-12-8-15(18(21,22)19(23,29)20(24,25)26)9-13(2)17(12)30-11-16(28)27-10-14-6-4-3-5-7-14/h3-9,29H,10-11H2,1-2H3,(H,27,28). The lowest BCUT2D eigenvalue weighted by molar-refractivity contribution is -0.390. The number of hydrogen-bond donors (Lipinski definition) is 2.